The topological polar surface area (TPSA) is 0 Å². The molecule has 0 saturated heterocycles. The van der Waals surface area contributed by atoms with E-state index in [2.05, 4.69) is 111 Å². The molecule has 0 aromatic heterocycles. The molecule has 4 rings (SSSR count). The van der Waals surface area contributed by atoms with Crippen LogP contribution in [0.4, 0.5) is 0 Å². The lowest BCUT2D eigenvalue weighted by atomic mass is 9.98. The first-order valence-electron chi connectivity index (χ1n) is 9.74. The lowest BCUT2D eigenvalue weighted by molar-refractivity contribution is 1.19. The van der Waals surface area contributed by atoms with Crippen molar-refractivity contribution in [2.75, 3.05) is 0 Å². The molecule has 28 heavy (non-hydrogen) atoms. The quantitative estimate of drug-likeness (QED) is 0.446. The van der Waals surface area contributed by atoms with Gasteiger partial charge in [-0.1, -0.05) is 104 Å². The molecular formula is C28H24. The maximum atomic E-state index is 4.05. The third-order valence-corrected chi connectivity index (χ3v) is 5.17. The zero-order valence-corrected chi connectivity index (χ0v) is 16.2. The monoisotopic (exact) mass is 360 g/mol. The average Bonchev–Trinajstić information content (AvgIpc) is 3.03. The van der Waals surface area contributed by atoms with Crippen LogP contribution in [0.2, 0.25) is 0 Å². The van der Waals surface area contributed by atoms with Crippen molar-refractivity contribution >= 4 is 17.2 Å². The van der Waals surface area contributed by atoms with Crippen LogP contribution < -0.4 is 0 Å². The fourth-order valence-corrected chi connectivity index (χ4v) is 3.84. The third-order valence-electron chi connectivity index (χ3n) is 5.17. The Kier molecular flexibility index (Phi) is 5.21. The minimum Gasteiger partial charge on any atom is -0.0984 e. The standard InChI is InChI=1S/C28H24/c1-3-10-25-24(4-2)26-13-8-9-14-27(26)28(25)20-23-17-15-22(16-18-23)19-21-11-6-5-7-12-21/h3-18,20H,2,19H2,1H3/b10-3-,28-20-. The molecule has 0 radical (unpaired) electrons. The maximum Gasteiger partial charge on any atom is -0.00258 e. The Morgan fingerprint density at radius 3 is 2.04 bits per heavy atom. The summed E-state index contributed by atoms with van der Waals surface area (Å²) in [5.41, 5.74) is 10.1. The first-order chi connectivity index (χ1) is 13.8. The van der Waals surface area contributed by atoms with E-state index in [4.69, 9.17) is 0 Å². The molecule has 0 saturated carbocycles. The van der Waals surface area contributed by atoms with Gasteiger partial charge >= 0.3 is 0 Å². The van der Waals surface area contributed by atoms with E-state index in [1.807, 2.05) is 6.08 Å². The Hall–Kier alpha value is -3.38. The molecule has 0 fully saturated rings. The molecule has 0 aliphatic heterocycles. The second-order valence-corrected chi connectivity index (χ2v) is 7.04. The predicted molar refractivity (Wildman–Crippen MR) is 122 cm³/mol. The second-order valence-electron chi connectivity index (χ2n) is 7.04. The summed E-state index contributed by atoms with van der Waals surface area (Å²) in [4.78, 5) is 0. The molecule has 0 heterocycles. The number of hydrogen-bond donors (Lipinski definition) is 0. The largest absolute Gasteiger partial charge is 0.0984 e. The van der Waals surface area contributed by atoms with Crippen molar-refractivity contribution in [2.45, 2.75) is 13.3 Å². The first-order valence-corrected chi connectivity index (χ1v) is 9.74. The molecule has 0 atom stereocenters. The number of rotatable bonds is 5. The molecule has 0 spiro atoms. The van der Waals surface area contributed by atoms with Crippen molar-refractivity contribution in [3.63, 3.8) is 0 Å². The van der Waals surface area contributed by atoms with E-state index in [0.29, 0.717) is 0 Å². The molecule has 3 aromatic carbocycles. The van der Waals surface area contributed by atoms with Gasteiger partial charge in [-0.25, -0.2) is 0 Å². The van der Waals surface area contributed by atoms with Crippen LogP contribution in [0.3, 0.4) is 0 Å². The third kappa shape index (κ3) is 3.54. The molecule has 0 N–H and O–H groups in total. The van der Waals surface area contributed by atoms with E-state index in [-0.39, 0.29) is 0 Å². The van der Waals surface area contributed by atoms with E-state index in [1.165, 1.54) is 44.5 Å². The zero-order valence-electron chi connectivity index (χ0n) is 16.2. The summed E-state index contributed by atoms with van der Waals surface area (Å²) >= 11 is 0. The van der Waals surface area contributed by atoms with Crippen LogP contribution >= 0.6 is 0 Å². The van der Waals surface area contributed by atoms with Crippen LogP contribution in [0.1, 0.15) is 34.7 Å². The van der Waals surface area contributed by atoms with E-state index in [0.717, 1.165) is 6.42 Å². The van der Waals surface area contributed by atoms with Gasteiger partial charge < -0.3 is 0 Å². The molecule has 0 unspecified atom stereocenters. The van der Waals surface area contributed by atoms with Crippen LogP contribution in [0.5, 0.6) is 0 Å². The molecular weight excluding hydrogens is 336 g/mol. The molecule has 1 aliphatic carbocycles. The summed E-state index contributed by atoms with van der Waals surface area (Å²) < 4.78 is 0. The summed E-state index contributed by atoms with van der Waals surface area (Å²) in [6.07, 6.45) is 9.51. The van der Waals surface area contributed by atoms with Crippen molar-refractivity contribution in [2.24, 2.45) is 0 Å². The summed E-state index contributed by atoms with van der Waals surface area (Å²) in [7, 11) is 0. The van der Waals surface area contributed by atoms with E-state index < -0.39 is 0 Å². The van der Waals surface area contributed by atoms with Crippen LogP contribution in [-0.2, 0) is 6.42 Å². The highest BCUT2D eigenvalue weighted by Gasteiger charge is 2.22. The van der Waals surface area contributed by atoms with Gasteiger partial charge in [0.1, 0.15) is 0 Å². The maximum absolute atomic E-state index is 4.05. The number of hydrogen-bond acceptors (Lipinski definition) is 0. The summed E-state index contributed by atoms with van der Waals surface area (Å²) in [6.45, 7) is 6.11. The van der Waals surface area contributed by atoms with Crippen molar-refractivity contribution in [1.82, 2.24) is 0 Å². The zero-order chi connectivity index (χ0) is 19.3. The van der Waals surface area contributed by atoms with Gasteiger partial charge in [0.2, 0.25) is 0 Å². The normalized spacial score (nSPS) is 14.7. The van der Waals surface area contributed by atoms with Gasteiger partial charge in [0.15, 0.2) is 0 Å². The summed E-state index contributed by atoms with van der Waals surface area (Å²) in [6, 6.07) is 28.1. The Morgan fingerprint density at radius 1 is 0.714 bits per heavy atom. The van der Waals surface area contributed by atoms with E-state index in [9.17, 15) is 0 Å². The van der Waals surface area contributed by atoms with Crippen molar-refractivity contribution in [1.29, 1.82) is 0 Å². The van der Waals surface area contributed by atoms with Gasteiger partial charge in [0.25, 0.3) is 0 Å². The summed E-state index contributed by atoms with van der Waals surface area (Å²) in [5, 5.41) is 0. The molecule has 0 bridgehead atoms. The Morgan fingerprint density at radius 2 is 1.36 bits per heavy atom. The van der Waals surface area contributed by atoms with Gasteiger partial charge in [-0.05, 0) is 64.0 Å². The smallest absolute Gasteiger partial charge is 0.00258 e. The number of allylic oxidation sites excluding steroid dienone is 6. The van der Waals surface area contributed by atoms with E-state index >= 15 is 0 Å². The van der Waals surface area contributed by atoms with Crippen molar-refractivity contribution in [3.05, 3.63) is 137 Å². The van der Waals surface area contributed by atoms with Gasteiger partial charge in [-0.3, -0.25) is 0 Å². The molecule has 0 heteroatoms. The second kappa shape index (κ2) is 8.10. The SMILES string of the molecule is C=CC1=C(/C=C\C)/C(=C/c2ccc(Cc3ccccc3)cc2)c2ccccc21. The average molecular weight is 361 g/mol. The molecule has 136 valence electrons. The van der Waals surface area contributed by atoms with Gasteiger partial charge in [-0.2, -0.15) is 0 Å². The Balaban J connectivity index is 1.69. The van der Waals surface area contributed by atoms with Crippen LogP contribution in [-0.4, -0.2) is 0 Å². The predicted octanol–water partition coefficient (Wildman–Crippen LogP) is 7.35. The molecule has 0 amide bonds. The molecule has 1 aliphatic rings. The fraction of sp³-hybridized carbons (Fsp3) is 0.0714. The highest BCUT2D eigenvalue weighted by Crippen LogP contribution is 2.43. The Labute approximate surface area is 167 Å². The van der Waals surface area contributed by atoms with Crippen LogP contribution in [0.15, 0.2) is 109 Å². The van der Waals surface area contributed by atoms with Crippen LogP contribution in [0.25, 0.3) is 17.2 Å². The van der Waals surface area contributed by atoms with Crippen molar-refractivity contribution in [3.8, 4) is 0 Å². The lowest BCUT2D eigenvalue weighted by Gasteiger charge is -2.06. The highest BCUT2D eigenvalue weighted by atomic mass is 14.3. The molecule has 0 nitrogen and oxygen atoms in total. The van der Waals surface area contributed by atoms with Crippen molar-refractivity contribution < 1.29 is 0 Å². The van der Waals surface area contributed by atoms with Gasteiger partial charge in [-0.15, -0.1) is 0 Å². The Bertz CT molecular complexity index is 1070. The van der Waals surface area contributed by atoms with Gasteiger partial charge in [0.05, 0.1) is 0 Å². The highest BCUT2D eigenvalue weighted by molar-refractivity contribution is 6.09. The number of fused-ring (bicyclic) bond motifs is 1. The minimum absolute atomic E-state index is 0.963. The minimum atomic E-state index is 0.963. The van der Waals surface area contributed by atoms with E-state index in [1.54, 1.807) is 0 Å². The lowest BCUT2D eigenvalue weighted by Crippen LogP contribution is -1.88. The first kappa shape index (κ1) is 18.0. The van der Waals surface area contributed by atoms with Gasteiger partial charge in [0, 0.05) is 0 Å². The van der Waals surface area contributed by atoms with Crippen LogP contribution in [0, 0.1) is 0 Å². The summed E-state index contributed by atoms with van der Waals surface area (Å²) in [5.74, 6) is 0. The number of benzene rings is 3. The fourth-order valence-electron chi connectivity index (χ4n) is 3.84. The molecule has 3 aromatic rings.